The summed E-state index contributed by atoms with van der Waals surface area (Å²) < 4.78 is 5.91. The molecule has 4 nitrogen and oxygen atoms in total. The summed E-state index contributed by atoms with van der Waals surface area (Å²) in [6.07, 6.45) is 13.1. The highest BCUT2D eigenvalue weighted by Crippen LogP contribution is 2.67. The van der Waals surface area contributed by atoms with Crippen LogP contribution in [-0.2, 0) is 9.53 Å². The van der Waals surface area contributed by atoms with Crippen molar-refractivity contribution in [1.82, 2.24) is 0 Å². The first-order chi connectivity index (χ1) is 16.2. The van der Waals surface area contributed by atoms with Gasteiger partial charge in [0, 0.05) is 5.57 Å². The smallest absolute Gasteiger partial charge is 0.187 e. The van der Waals surface area contributed by atoms with Crippen molar-refractivity contribution in [2.75, 3.05) is 6.61 Å². The monoisotopic (exact) mass is 488 g/mol. The fraction of sp³-hybridized carbons (Fsp3) is 0.903. The summed E-state index contributed by atoms with van der Waals surface area (Å²) in [5.74, 6) is 3.72. The van der Waals surface area contributed by atoms with E-state index in [2.05, 4.69) is 26.8 Å². The van der Waals surface area contributed by atoms with Crippen LogP contribution in [0.4, 0.5) is 0 Å². The molecule has 3 fully saturated rings. The van der Waals surface area contributed by atoms with Gasteiger partial charge in [0.1, 0.15) is 6.10 Å². The summed E-state index contributed by atoms with van der Waals surface area (Å²) in [5, 5.41) is 20.2. The van der Waals surface area contributed by atoms with Crippen molar-refractivity contribution in [3.05, 3.63) is 11.6 Å². The predicted molar refractivity (Wildman–Crippen MR) is 141 cm³/mol. The minimum Gasteiger partial charge on any atom is -0.390 e. The van der Waals surface area contributed by atoms with Crippen LogP contribution in [0.2, 0.25) is 0 Å². The molecule has 0 saturated heterocycles. The number of fused-ring (bicyclic) bond motifs is 5. The average Bonchev–Trinajstić information content (AvgIpc) is 3.09. The van der Waals surface area contributed by atoms with E-state index in [-0.39, 0.29) is 17.8 Å². The lowest BCUT2D eigenvalue weighted by Gasteiger charge is -2.58. The van der Waals surface area contributed by atoms with Crippen LogP contribution in [0.3, 0.4) is 0 Å². The van der Waals surface area contributed by atoms with Gasteiger partial charge in [-0.15, -0.1) is 0 Å². The Balaban J connectivity index is 1.46. The zero-order valence-electron chi connectivity index (χ0n) is 23.5. The molecular formula is C31H52O4. The molecule has 4 aliphatic carbocycles. The molecule has 0 aromatic carbocycles. The number of aliphatic hydroxyl groups is 2. The maximum absolute atomic E-state index is 13.5. The molecule has 2 N–H and O–H groups in total. The SMILES string of the molecule is C[C@H](CCCC(C)(C)O)C1CCC2[C@@H]3CC=C4C(=O)C(OCC(C)(C)O)CC[C@]4(C)C3CCC21C. The molecule has 200 valence electrons. The molecule has 0 aliphatic heterocycles. The predicted octanol–water partition coefficient (Wildman–Crippen LogP) is 6.48. The molecule has 5 unspecified atom stereocenters. The van der Waals surface area contributed by atoms with Gasteiger partial charge in [0.2, 0.25) is 0 Å². The number of carbonyl (C=O) groups excluding carboxylic acids is 1. The minimum absolute atomic E-state index is 0.0215. The van der Waals surface area contributed by atoms with Gasteiger partial charge >= 0.3 is 0 Å². The van der Waals surface area contributed by atoms with Crippen LogP contribution in [0, 0.1) is 40.4 Å². The van der Waals surface area contributed by atoms with Crippen molar-refractivity contribution in [3.8, 4) is 0 Å². The first-order valence-electron chi connectivity index (χ1n) is 14.5. The second-order valence-corrected chi connectivity index (χ2v) is 14.6. The van der Waals surface area contributed by atoms with Gasteiger partial charge < -0.3 is 14.9 Å². The van der Waals surface area contributed by atoms with E-state index >= 15 is 0 Å². The number of rotatable bonds is 8. The fourth-order valence-corrected chi connectivity index (χ4v) is 9.03. The van der Waals surface area contributed by atoms with Crippen molar-refractivity contribution in [3.63, 3.8) is 0 Å². The van der Waals surface area contributed by atoms with Gasteiger partial charge in [-0.3, -0.25) is 4.79 Å². The number of carbonyl (C=O) groups is 1. The second-order valence-electron chi connectivity index (χ2n) is 14.6. The molecular weight excluding hydrogens is 436 g/mol. The fourth-order valence-electron chi connectivity index (χ4n) is 9.03. The van der Waals surface area contributed by atoms with Crippen LogP contribution in [0.15, 0.2) is 11.6 Å². The Morgan fingerprint density at radius 3 is 2.40 bits per heavy atom. The Bertz CT molecular complexity index is 817. The van der Waals surface area contributed by atoms with Gasteiger partial charge in [-0.1, -0.05) is 39.7 Å². The standard InChI is InChI=1S/C31H52O4/c1-20(9-8-16-28(2,3)33)22-12-13-23-21-10-11-25-27(32)26(35-19-29(4,5)34)15-18-31(25,7)24(21)14-17-30(22,23)6/h11,20-24,26,33-34H,8-10,12-19H2,1-7H3/t20-,21+,22?,23?,24?,26?,30?,31-/m1/s1. The highest BCUT2D eigenvalue weighted by Gasteiger charge is 2.60. The summed E-state index contributed by atoms with van der Waals surface area (Å²) in [5.41, 5.74) is -0.0490. The molecule has 8 atom stereocenters. The molecule has 4 aliphatic rings. The lowest BCUT2D eigenvalue weighted by Crippen LogP contribution is -2.53. The molecule has 0 aromatic rings. The highest BCUT2D eigenvalue weighted by atomic mass is 16.5. The topological polar surface area (TPSA) is 66.8 Å². The van der Waals surface area contributed by atoms with Gasteiger partial charge in [-0.05, 0) is 119 Å². The molecule has 0 radical (unpaired) electrons. The number of ether oxygens (including phenoxy) is 1. The zero-order chi connectivity index (χ0) is 25.8. The van der Waals surface area contributed by atoms with E-state index in [1.54, 1.807) is 13.8 Å². The Kier molecular flexibility index (Phi) is 7.46. The van der Waals surface area contributed by atoms with Crippen LogP contribution in [0.5, 0.6) is 0 Å². The minimum atomic E-state index is -0.911. The molecule has 0 amide bonds. The third-order valence-electron chi connectivity index (χ3n) is 10.8. The van der Waals surface area contributed by atoms with Crippen LogP contribution in [0.1, 0.15) is 113 Å². The molecule has 0 spiro atoms. The summed E-state index contributed by atoms with van der Waals surface area (Å²) in [6.45, 7) is 14.9. The number of hydrogen-bond acceptors (Lipinski definition) is 4. The zero-order valence-corrected chi connectivity index (χ0v) is 23.5. The summed E-state index contributed by atoms with van der Waals surface area (Å²) in [6, 6.07) is 0. The van der Waals surface area contributed by atoms with Crippen molar-refractivity contribution >= 4 is 5.78 Å². The summed E-state index contributed by atoms with van der Waals surface area (Å²) >= 11 is 0. The van der Waals surface area contributed by atoms with Gasteiger partial charge in [0.15, 0.2) is 5.78 Å². The number of ketones is 1. The van der Waals surface area contributed by atoms with E-state index < -0.39 is 17.3 Å². The van der Waals surface area contributed by atoms with Crippen molar-refractivity contribution < 1.29 is 19.7 Å². The second kappa shape index (κ2) is 9.55. The van der Waals surface area contributed by atoms with Crippen LogP contribution >= 0.6 is 0 Å². The van der Waals surface area contributed by atoms with Crippen LogP contribution in [0.25, 0.3) is 0 Å². The Morgan fingerprint density at radius 1 is 1.03 bits per heavy atom. The molecule has 0 aromatic heterocycles. The van der Waals surface area contributed by atoms with E-state index in [0.717, 1.165) is 49.5 Å². The number of Topliss-reactive ketones (excluding diaryl/α,β-unsaturated/α-hetero) is 1. The largest absolute Gasteiger partial charge is 0.390 e. The lowest BCUT2D eigenvalue weighted by molar-refractivity contribution is -0.140. The number of allylic oxidation sites excluding steroid dienone is 1. The van der Waals surface area contributed by atoms with Crippen LogP contribution < -0.4 is 0 Å². The van der Waals surface area contributed by atoms with Crippen molar-refractivity contribution in [2.45, 2.75) is 130 Å². The molecule has 3 saturated carbocycles. The van der Waals surface area contributed by atoms with Gasteiger partial charge in [-0.2, -0.15) is 0 Å². The first kappa shape index (κ1) is 27.3. The van der Waals surface area contributed by atoms with E-state index in [9.17, 15) is 15.0 Å². The van der Waals surface area contributed by atoms with E-state index in [1.165, 1.54) is 32.1 Å². The molecule has 0 heterocycles. The third-order valence-corrected chi connectivity index (χ3v) is 10.8. The van der Waals surface area contributed by atoms with E-state index in [4.69, 9.17) is 4.74 Å². The quantitative estimate of drug-likeness (QED) is 0.410. The van der Waals surface area contributed by atoms with Gasteiger partial charge in [0.05, 0.1) is 17.8 Å². The first-order valence-corrected chi connectivity index (χ1v) is 14.5. The Morgan fingerprint density at radius 2 is 1.74 bits per heavy atom. The van der Waals surface area contributed by atoms with Gasteiger partial charge in [0.25, 0.3) is 0 Å². The maximum Gasteiger partial charge on any atom is 0.187 e. The summed E-state index contributed by atoms with van der Waals surface area (Å²) in [7, 11) is 0. The van der Waals surface area contributed by atoms with Crippen molar-refractivity contribution in [2.24, 2.45) is 40.4 Å². The third kappa shape index (κ3) is 5.32. The molecule has 4 rings (SSSR count). The molecule has 0 bridgehead atoms. The molecule has 4 heteroatoms. The van der Waals surface area contributed by atoms with Crippen LogP contribution in [-0.4, -0.2) is 39.9 Å². The van der Waals surface area contributed by atoms with Crippen molar-refractivity contribution in [1.29, 1.82) is 0 Å². The number of hydrogen-bond donors (Lipinski definition) is 2. The van der Waals surface area contributed by atoms with E-state index in [1.807, 2.05) is 13.8 Å². The normalized spacial score (nSPS) is 40.5. The Hall–Kier alpha value is -0.710. The Labute approximate surface area is 214 Å². The van der Waals surface area contributed by atoms with Gasteiger partial charge in [-0.25, -0.2) is 0 Å². The summed E-state index contributed by atoms with van der Waals surface area (Å²) in [4.78, 5) is 13.5. The lowest BCUT2D eigenvalue weighted by atomic mass is 9.46. The highest BCUT2D eigenvalue weighted by molar-refractivity contribution is 6.01. The average molecular weight is 489 g/mol. The molecule has 35 heavy (non-hydrogen) atoms. The van der Waals surface area contributed by atoms with E-state index in [0.29, 0.717) is 23.2 Å². The maximum atomic E-state index is 13.5.